The molecule has 4 nitrogen and oxygen atoms in total. The number of hydrogen-bond donors (Lipinski definition) is 1. The van der Waals surface area contributed by atoms with Crippen LogP contribution in [0.3, 0.4) is 0 Å². The summed E-state index contributed by atoms with van der Waals surface area (Å²) < 4.78 is 5.03. The Morgan fingerprint density at radius 2 is 2.05 bits per heavy atom. The van der Waals surface area contributed by atoms with Crippen molar-refractivity contribution in [2.24, 2.45) is 5.92 Å². The second kappa shape index (κ2) is 7.41. The number of esters is 1. The van der Waals surface area contributed by atoms with E-state index < -0.39 is 5.54 Å². The van der Waals surface area contributed by atoms with Gasteiger partial charge in [-0.1, -0.05) is 13.8 Å². The van der Waals surface area contributed by atoms with Crippen molar-refractivity contribution in [1.29, 1.82) is 0 Å². The first kappa shape index (κ1) is 17.4. The SMILES string of the molecule is CNC1(C(=O)OC)CCCC(N(CC(C)C)C(C)C)C1. The van der Waals surface area contributed by atoms with Crippen LogP contribution in [0, 0.1) is 5.92 Å². The smallest absolute Gasteiger partial charge is 0.326 e. The van der Waals surface area contributed by atoms with E-state index in [4.69, 9.17) is 4.74 Å². The molecule has 0 aliphatic heterocycles. The highest BCUT2D eigenvalue weighted by Crippen LogP contribution is 2.33. The Hall–Kier alpha value is -0.610. The zero-order valence-electron chi connectivity index (χ0n) is 14.0. The van der Waals surface area contributed by atoms with Crippen LogP contribution >= 0.6 is 0 Å². The molecule has 0 heterocycles. The Balaban J connectivity index is 2.87. The van der Waals surface area contributed by atoms with Gasteiger partial charge < -0.3 is 10.1 Å². The monoisotopic (exact) mass is 284 g/mol. The van der Waals surface area contributed by atoms with Crippen LogP contribution in [0.5, 0.6) is 0 Å². The molecule has 4 heteroatoms. The van der Waals surface area contributed by atoms with Crippen molar-refractivity contribution < 1.29 is 9.53 Å². The number of nitrogens with zero attached hydrogens (tertiary/aromatic N) is 1. The average molecular weight is 284 g/mol. The fourth-order valence-electron chi connectivity index (χ4n) is 3.44. The van der Waals surface area contributed by atoms with Gasteiger partial charge in [-0.3, -0.25) is 9.69 Å². The highest BCUT2D eigenvalue weighted by atomic mass is 16.5. The predicted octanol–water partition coefficient (Wildman–Crippen LogP) is 2.43. The number of ether oxygens (including phenoxy) is 1. The maximum Gasteiger partial charge on any atom is 0.326 e. The van der Waals surface area contributed by atoms with Gasteiger partial charge in [0.25, 0.3) is 0 Å². The fraction of sp³-hybridized carbons (Fsp3) is 0.938. The van der Waals surface area contributed by atoms with E-state index in [0.29, 0.717) is 18.0 Å². The van der Waals surface area contributed by atoms with Crippen molar-refractivity contribution in [3.8, 4) is 0 Å². The summed E-state index contributed by atoms with van der Waals surface area (Å²) in [5, 5.41) is 3.24. The summed E-state index contributed by atoms with van der Waals surface area (Å²) >= 11 is 0. The van der Waals surface area contributed by atoms with Gasteiger partial charge in [-0.05, 0) is 52.5 Å². The summed E-state index contributed by atoms with van der Waals surface area (Å²) in [6.07, 6.45) is 3.97. The van der Waals surface area contributed by atoms with Crippen LogP contribution in [0.25, 0.3) is 0 Å². The third kappa shape index (κ3) is 3.95. The Bertz CT molecular complexity index is 318. The van der Waals surface area contributed by atoms with Crippen LogP contribution < -0.4 is 5.32 Å². The van der Waals surface area contributed by atoms with Gasteiger partial charge in [-0.2, -0.15) is 0 Å². The molecule has 118 valence electrons. The van der Waals surface area contributed by atoms with Crippen LogP contribution in [0.15, 0.2) is 0 Å². The van der Waals surface area contributed by atoms with Gasteiger partial charge in [0.15, 0.2) is 0 Å². The van der Waals surface area contributed by atoms with E-state index in [1.165, 1.54) is 13.5 Å². The highest BCUT2D eigenvalue weighted by molar-refractivity contribution is 5.81. The third-order valence-corrected chi connectivity index (χ3v) is 4.49. The van der Waals surface area contributed by atoms with E-state index in [9.17, 15) is 4.79 Å². The molecule has 1 aliphatic carbocycles. The number of nitrogens with one attached hydrogen (secondary N) is 1. The number of carbonyl (C=O) groups excluding carboxylic acids is 1. The maximum absolute atomic E-state index is 12.2. The molecule has 1 fully saturated rings. The zero-order chi connectivity index (χ0) is 15.3. The molecule has 2 unspecified atom stereocenters. The van der Waals surface area contributed by atoms with Gasteiger partial charge in [0.1, 0.15) is 5.54 Å². The molecule has 2 atom stereocenters. The number of methoxy groups -OCH3 is 1. The van der Waals surface area contributed by atoms with Crippen molar-refractivity contribution in [2.75, 3.05) is 20.7 Å². The quantitative estimate of drug-likeness (QED) is 0.761. The molecular weight excluding hydrogens is 252 g/mol. The number of rotatable bonds is 6. The lowest BCUT2D eigenvalue weighted by molar-refractivity contribution is -0.151. The third-order valence-electron chi connectivity index (χ3n) is 4.49. The van der Waals surface area contributed by atoms with Crippen LogP contribution in [0.4, 0.5) is 0 Å². The van der Waals surface area contributed by atoms with Gasteiger partial charge in [-0.15, -0.1) is 0 Å². The standard InChI is InChI=1S/C16H32N2O2/c1-12(2)11-18(13(3)4)14-8-7-9-16(10-14,17-5)15(19)20-6/h12-14,17H,7-11H2,1-6H3. The van der Waals surface area contributed by atoms with Crippen molar-refractivity contribution in [2.45, 2.75) is 71.0 Å². The van der Waals surface area contributed by atoms with E-state index in [1.54, 1.807) is 0 Å². The van der Waals surface area contributed by atoms with Crippen LogP contribution in [-0.2, 0) is 9.53 Å². The first-order chi connectivity index (χ1) is 9.36. The second-order valence-electron chi connectivity index (χ2n) is 6.76. The van der Waals surface area contributed by atoms with E-state index in [0.717, 1.165) is 25.8 Å². The second-order valence-corrected chi connectivity index (χ2v) is 6.76. The number of likely N-dealkylation sites (N-methyl/N-ethyl adjacent to an activating group) is 1. The maximum atomic E-state index is 12.2. The van der Waals surface area contributed by atoms with Crippen LogP contribution in [0.2, 0.25) is 0 Å². The van der Waals surface area contributed by atoms with Crippen molar-refractivity contribution in [3.05, 3.63) is 0 Å². The van der Waals surface area contributed by atoms with E-state index in [2.05, 4.69) is 37.9 Å². The molecule has 0 aromatic carbocycles. The van der Waals surface area contributed by atoms with Crippen molar-refractivity contribution in [3.63, 3.8) is 0 Å². The lowest BCUT2D eigenvalue weighted by Gasteiger charge is -2.45. The Morgan fingerprint density at radius 3 is 2.50 bits per heavy atom. The molecule has 0 radical (unpaired) electrons. The highest BCUT2D eigenvalue weighted by Gasteiger charge is 2.44. The average Bonchev–Trinajstić information content (AvgIpc) is 2.43. The summed E-state index contributed by atoms with van der Waals surface area (Å²) in [5.41, 5.74) is -0.498. The van der Waals surface area contributed by atoms with Crippen LogP contribution in [0.1, 0.15) is 53.4 Å². The molecule has 0 spiro atoms. The molecule has 0 bridgehead atoms. The minimum absolute atomic E-state index is 0.113. The van der Waals surface area contributed by atoms with Gasteiger partial charge in [0.2, 0.25) is 0 Å². The summed E-state index contributed by atoms with van der Waals surface area (Å²) in [5.74, 6) is 0.527. The molecule has 0 saturated heterocycles. The minimum atomic E-state index is -0.498. The first-order valence-corrected chi connectivity index (χ1v) is 7.89. The molecule has 1 rings (SSSR count). The topological polar surface area (TPSA) is 41.6 Å². The van der Waals surface area contributed by atoms with Gasteiger partial charge in [0.05, 0.1) is 7.11 Å². The van der Waals surface area contributed by atoms with E-state index >= 15 is 0 Å². The largest absolute Gasteiger partial charge is 0.468 e. The lowest BCUT2D eigenvalue weighted by Crippen LogP contribution is -2.58. The summed E-state index contributed by atoms with van der Waals surface area (Å²) in [6, 6.07) is 0.963. The zero-order valence-corrected chi connectivity index (χ0v) is 14.0. The predicted molar refractivity (Wildman–Crippen MR) is 82.7 cm³/mol. The normalized spacial score (nSPS) is 27.4. The van der Waals surface area contributed by atoms with Gasteiger partial charge in [-0.25, -0.2) is 0 Å². The summed E-state index contributed by atoms with van der Waals surface area (Å²) in [4.78, 5) is 14.7. The van der Waals surface area contributed by atoms with Crippen molar-refractivity contribution in [1.82, 2.24) is 10.2 Å². The molecule has 1 N–H and O–H groups in total. The number of hydrogen-bond acceptors (Lipinski definition) is 4. The molecular formula is C16H32N2O2. The molecule has 1 aliphatic rings. The van der Waals surface area contributed by atoms with Crippen LogP contribution in [-0.4, -0.2) is 49.2 Å². The summed E-state index contributed by atoms with van der Waals surface area (Å²) in [7, 11) is 3.36. The Morgan fingerprint density at radius 1 is 1.40 bits per heavy atom. The fourth-order valence-corrected chi connectivity index (χ4v) is 3.44. The van der Waals surface area contributed by atoms with E-state index in [-0.39, 0.29) is 5.97 Å². The first-order valence-electron chi connectivity index (χ1n) is 7.89. The summed E-state index contributed by atoms with van der Waals surface area (Å²) in [6.45, 7) is 10.1. The molecule has 0 aromatic rings. The van der Waals surface area contributed by atoms with E-state index in [1.807, 2.05) is 7.05 Å². The molecule has 1 saturated carbocycles. The molecule has 20 heavy (non-hydrogen) atoms. The molecule has 0 aromatic heterocycles. The Kier molecular flexibility index (Phi) is 6.46. The van der Waals surface area contributed by atoms with Crippen molar-refractivity contribution >= 4 is 5.97 Å². The molecule has 0 amide bonds. The minimum Gasteiger partial charge on any atom is -0.468 e. The lowest BCUT2D eigenvalue weighted by atomic mass is 9.78. The Labute approximate surface area is 124 Å². The van der Waals surface area contributed by atoms with Gasteiger partial charge >= 0.3 is 5.97 Å². The number of carbonyl (C=O) groups is 1. The van der Waals surface area contributed by atoms with Gasteiger partial charge in [0, 0.05) is 18.6 Å².